The first-order chi connectivity index (χ1) is 17.7. The Kier molecular flexibility index (Phi) is 8.79. The second-order valence-electron chi connectivity index (χ2n) is 7.84. The molecule has 1 aromatic carbocycles. The first-order valence-electron chi connectivity index (χ1n) is 10.7. The number of phosphoric acid groups is 1. The number of nitrogens with zero attached hydrogens (tertiary/aromatic N) is 6. The number of aryl methyl sites for hydroxylation is 1. The van der Waals surface area contributed by atoms with Crippen LogP contribution >= 0.6 is 7.82 Å². The Morgan fingerprint density at radius 2 is 1.89 bits per heavy atom. The lowest BCUT2D eigenvalue weighted by molar-refractivity contribution is -0.224. The van der Waals surface area contributed by atoms with Gasteiger partial charge in [-0.2, -0.15) is 18.0 Å². The zero-order valence-electron chi connectivity index (χ0n) is 19.4. The van der Waals surface area contributed by atoms with Crippen molar-refractivity contribution in [1.29, 1.82) is 0 Å². The molecule has 2 aromatic heterocycles. The summed E-state index contributed by atoms with van der Waals surface area (Å²) in [5.41, 5.74) is 1.05. The van der Waals surface area contributed by atoms with Crippen LogP contribution in [0.25, 0.3) is 22.6 Å². The van der Waals surface area contributed by atoms with E-state index in [1.165, 1.54) is 23.1 Å². The van der Waals surface area contributed by atoms with Crippen LogP contribution in [0.1, 0.15) is 13.3 Å². The van der Waals surface area contributed by atoms with E-state index in [2.05, 4.69) is 25.1 Å². The third-order valence-corrected chi connectivity index (χ3v) is 4.97. The molecule has 38 heavy (non-hydrogen) atoms. The highest BCUT2D eigenvalue weighted by atomic mass is 31.2. The standard InChI is InChI=1S/C20H18F4N6O3.H3O4P/c1-2-7-30-27-18(26-28-30)15-6-3-11(9-25-15)13-5-4-12(8-14(13)21)29-10-16(33-19(29)32)17(31)20(22,23)24;1-5(2,3)4/h3-6,8-9,16-17,31H,2,7,10H2,1H3;(H3,1,2,3,4)/t16-,17?;/m1./s1. The van der Waals surface area contributed by atoms with Gasteiger partial charge in [-0.3, -0.25) is 9.88 Å². The Morgan fingerprint density at radius 1 is 1.21 bits per heavy atom. The molecular formula is C20H21F4N6O7P. The summed E-state index contributed by atoms with van der Waals surface area (Å²) < 4.78 is 66.4. The van der Waals surface area contributed by atoms with Crippen LogP contribution in [0.15, 0.2) is 36.5 Å². The second kappa shape index (κ2) is 11.5. The van der Waals surface area contributed by atoms with E-state index in [0.29, 0.717) is 23.6 Å². The normalized spacial score (nSPS) is 16.6. The number of aliphatic hydroxyl groups is 1. The zero-order chi connectivity index (χ0) is 28.3. The first kappa shape index (κ1) is 29.1. The van der Waals surface area contributed by atoms with E-state index in [0.717, 1.165) is 17.4 Å². The minimum atomic E-state index is -4.95. The maximum Gasteiger partial charge on any atom is 0.466 e. The highest BCUT2D eigenvalue weighted by Gasteiger charge is 2.49. The Bertz CT molecular complexity index is 1310. The van der Waals surface area contributed by atoms with Crippen molar-refractivity contribution in [3.8, 4) is 22.6 Å². The number of carbonyl (C=O) groups excluding carboxylic acids is 1. The highest BCUT2D eigenvalue weighted by Crippen LogP contribution is 2.32. The van der Waals surface area contributed by atoms with Crippen molar-refractivity contribution in [2.75, 3.05) is 11.4 Å². The first-order valence-corrected chi connectivity index (χ1v) is 12.3. The number of cyclic esters (lactones) is 1. The van der Waals surface area contributed by atoms with Crippen molar-refractivity contribution in [3.05, 3.63) is 42.3 Å². The summed E-state index contributed by atoms with van der Waals surface area (Å²) in [5, 5.41) is 21.4. The van der Waals surface area contributed by atoms with Gasteiger partial charge in [0.2, 0.25) is 5.82 Å². The van der Waals surface area contributed by atoms with Gasteiger partial charge in [0.25, 0.3) is 0 Å². The number of benzene rings is 1. The Balaban J connectivity index is 0.000000732. The lowest BCUT2D eigenvalue weighted by Crippen LogP contribution is -2.42. The number of hydrogen-bond acceptors (Lipinski definition) is 8. The summed E-state index contributed by atoms with van der Waals surface area (Å²) in [7, 11) is -4.64. The monoisotopic (exact) mass is 564 g/mol. The van der Waals surface area contributed by atoms with Crippen LogP contribution in [0.2, 0.25) is 0 Å². The highest BCUT2D eigenvalue weighted by molar-refractivity contribution is 7.45. The van der Waals surface area contributed by atoms with Gasteiger partial charge in [-0.25, -0.2) is 13.8 Å². The number of amides is 1. The number of pyridine rings is 1. The predicted octanol–water partition coefficient (Wildman–Crippen LogP) is 2.27. The minimum absolute atomic E-state index is 0.000517. The Hall–Kier alpha value is -3.50. The molecule has 1 saturated heterocycles. The van der Waals surface area contributed by atoms with Crippen LogP contribution in [0.3, 0.4) is 0 Å². The fourth-order valence-electron chi connectivity index (χ4n) is 3.30. The largest absolute Gasteiger partial charge is 0.466 e. The molecule has 0 radical (unpaired) electrons. The molecule has 0 bridgehead atoms. The number of alkyl halides is 3. The van der Waals surface area contributed by atoms with E-state index in [9.17, 15) is 27.5 Å². The fraction of sp³-hybridized carbons (Fsp3) is 0.350. The molecule has 13 nitrogen and oxygen atoms in total. The number of aromatic nitrogens is 5. The fourth-order valence-corrected chi connectivity index (χ4v) is 3.30. The van der Waals surface area contributed by atoms with Gasteiger partial charge in [0.15, 0.2) is 12.2 Å². The van der Waals surface area contributed by atoms with Crippen molar-refractivity contribution >= 4 is 19.6 Å². The van der Waals surface area contributed by atoms with Gasteiger partial charge in [-0.15, -0.1) is 10.2 Å². The molecule has 1 amide bonds. The zero-order valence-corrected chi connectivity index (χ0v) is 20.3. The van der Waals surface area contributed by atoms with Crippen molar-refractivity contribution in [3.63, 3.8) is 0 Å². The molecule has 3 aromatic rings. The molecule has 1 aliphatic rings. The van der Waals surface area contributed by atoms with Gasteiger partial charge in [-0.05, 0) is 35.9 Å². The van der Waals surface area contributed by atoms with Crippen LogP contribution in [0, 0.1) is 5.82 Å². The summed E-state index contributed by atoms with van der Waals surface area (Å²) in [6.07, 6.45) is -8.43. The van der Waals surface area contributed by atoms with Gasteiger partial charge in [-0.1, -0.05) is 13.0 Å². The van der Waals surface area contributed by atoms with Gasteiger partial charge in [0, 0.05) is 17.3 Å². The number of aliphatic hydroxyl groups excluding tert-OH is 1. The van der Waals surface area contributed by atoms with Crippen LogP contribution in [-0.2, 0) is 15.8 Å². The van der Waals surface area contributed by atoms with Crippen LogP contribution in [-0.4, -0.2) is 76.0 Å². The smallest absolute Gasteiger partial charge is 0.441 e. The molecule has 1 unspecified atom stereocenters. The SMILES string of the molecule is CCCn1nnc(-c2ccc(-c3ccc(N4C[C@H](C(O)C(F)(F)F)OC4=O)cc3F)cn2)n1.O=P(O)(O)O. The van der Waals surface area contributed by atoms with E-state index >= 15 is 0 Å². The molecule has 1 fully saturated rings. The van der Waals surface area contributed by atoms with E-state index in [-0.39, 0.29) is 11.3 Å². The van der Waals surface area contributed by atoms with E-state index < -0.39 is 44.7 Å². The molecule has 1 aliphatic heterocycles. The molecule has 0 spiro atoms. The molecular weight excluding hydrogens is 543 g/mol. The third kappa shape index (κ3) is 7.52. The van der Waals surface area contributed by atoms with Crippen molar-refractivity contribution in [2.24, 2.45) is 0 Å². The number of carbonyl (C=O) groups is 1. The van der Waals surface area contributed by atoms with E-state index in [1.807, 2.05) is 6.92 Å². The summed E-state index contributed by atoms with van der Waals surface area (Å²) >= 11 is 0. The van der Waals surface area contributed by atoms with Crippen LogP contribution in [0.5, 0.6) is 0 Å². The van der Waals surface area contributed by atoms with Crippen molar-refractivity contribution in [1.82, 2.24) is 25.2 Å². The van der Waals surface area contributed by atoms with E-state index in [4.69, 9.17) is 19.2 Å². The van der Waals surface area contributed by atoms with Gasteiger partial charge in [0.1, 0.15) is 11.5 Å². The van der Waals surface area contributed by atoms with Gasteiger partial charge in [0.05, 0.1) is 18.8 Å². The maximum atomic E-state index is 14.8. The lowest BCUT2D eigenvalue weighted by Gasteiger charge is -2.19. The van der Waals surface area contributed by atoms with Crippen LogP contribution < -0.4 is 4.90 Å². The lowest BCUT2D eigenvalue weighted by atomic mass is 10.1. The Labute approximate surface area is 211 Å². The topological polar surface area (TPSA) is 184 Å². The summed E-state index contributed by atoms with van der Waals surface area (Å²) in [5.74, 6) is -0.393. The summed E-state index contributed by atoms with van der Waals surface area (Å²) in [6.45, 7) is 2.02. The predicted molar refractivity (Wildman–Crippen MR) is 121 cm³/mol. The van der Waals surface area contributed by atoms with E-state index in [1.54, 1.807) is 12.1 Å². The molecule has 4 rings (SSSR count). The molecule has 18 heteroatoms. The molecule has 4 N–H and O–H groups in total. The third-order valence-electron chi connectivity index (χ3n) is 4.97. The average molecular weight is 564 g/mol. The number of tetrazole rings is 1. The molecule has 0 aliphatic carbocycles. The minimum Gasteiger partial charge on any atom is -0.441 e. The second-order valence-corrected chi connectivity index (χ2v) is 8.86. The average Bonchev–Trinajstić information content (AvgIpc) is 3.44. The quantitative estimate of drug-likeness (QED) is 0.254. The number of rotatable bonds is 6. The number of ether oxygens (including phenoxy) is 1. The number of halogens is 4. The number of hydrogen-bond donors (Lipinski definition) is 4. The maximum absolute atomic E-state index is 14.8. The molecule has 0 saturated carbocycles. The van der Waals surface area contributed by atoms with Crippen molar-refractivity contribution < 1.29 is 51.4 Å². The van der Waals surface area contributed by atoms with Crippen molar-refractivity contribution in [2.45, 2.75) is 38.3 Å². The van der Waals surface area contributed by atoms with Gasteiger partial charge >= 0.3 is 20.1 Å². The molecule has 3 heterocycles. The Morgan fingerprint density at radius 3 is 2.45 bits per heavy atom. The number of anilines is 1. The van der Waals surface area contributed by atoms with Crippen LogP contribution in [0.4, 0.5) is 28.0 Å². The summed E-state index contributed by atoms with van der Waals surface area (Å²) in [6, 6.07) is 6.97. The van der Waals surface area contributed by atoms with Gasteiger partial charge < -0.3 is 24.5 Å². The summed E-state index contributed by atoms with van der Waals surface area (Å²) in [4.78, 5) is 40.1. The molecule has 2 atom stereocenters. The molecule has 206 valence electrons.